The van der Waals surface area contributed by atoms with Gasteiger partial charge in [0.05, 0.1) is 17.9 Å². The van der Waals surface area contributed by atoms with Gasteiger partial charge in [0.15, 0.2) is 0 Å². The summed E-state index contributed by atoms with van der Waals surface area (Å²) < 4.78 is 6.08. The molecule has 0 amide bonds. The molecule has 0 aliphatic carbocycles. The van der Waals surface area contributed by atoms with Crippen molar-refractivity contribution in [1.29, 1.82) is 0 Å². The number of aromatic carboxylic acids is 1. The Balaban J connectivity index is 2.01. The lowest BCUT2D eigenvalue weighted by Gasteiger charge is -2.13. The number of benzene rings is 2. The molecule has 136 valence electrons. The van der Waals surface area contributed by atoms with Crippen molar-refractivity contribution in [1.82, 2.24) is 4.98 Å². The third-order valence-electron chi connectivity index (χ3n) is 4.35. The normalized spacial score (nSPS) is 11.0. The lowest BCUT2D eigenvalue weighted by atomic mass is 10.0. The molecule has 4 nitrogen and oxygen atoms in total. The summed E-state index contributed by atoms with van der Waals surface area (Å²) in [5.41, 5.74) is 1.43. The average Bonchev–Trinajstić information content (AvgIpc) is 3.02. The minimum absolute atomic E-state index is 0.279. The predicted molar refractivity (Wildman–Crippen MR) is 106 cm³/mol. The van der Waals surface area contributed by atoms with E-state index in [4.69, 9.17) is 4.74 Å². The van der Waals surface area contributed by atoms with E-state index in [1.54, 1.807) is 6.92 Å². The smallest absolute Gasteiger partial charge is 0.347 e. The Morgan fingerprint density at radius 1 is 1.15 bits per heavy atom. The Labute approximate surface area is 157 Å². The van der Waals surface area contributed by atoms with Crippen LogP contribution >= 0.6 is 11.3 Å². The quantitative estimate of drug-likeness (QED) is 0.500. The van der Waals surface area contributed by atoms with Crippen LogP contribution in [0.1, 0.15) is 48.0 Å². The lowest BCUT2D eigenvalue weighted by Crippen LogP contribution is -1.99. The zero-order chi connectivity index (χ0) is 18.5. The van der Waals surface area contributed by atoms with Gasteiger partial charge in [0, 0.05) is 0 Å². The number of rotatable bonds is 8. The minimum Gasteiger partial charge on any atom is -0.493 e. The molecule has 1 heterocycles. The highest BCUT2D eigenvalue weighted by atomic mass is 32.1. The lowest BCUT2D eigenvalue weighted by molar-refractivity contribution is 0.0701. The van der Waals surface area contributed by atoms with Gasteiger partial charge in [0.1, 0.15) is 15.6 Å². The van der Waals surface area contributed by atoms with Gasteiger partial charge in [-0.2, -0.15) is 0 Å². The van der Waals surface area contributed by atoms with Gasteiger partial charge in [0.25, 0.3) is 0 Å². The topological polar surface area (TPSA) is 59.4 Å². The van der Waals surface area contributed by atoms with Gasteiger partial charge >= 0.3 is 5.97 Å². The SMILES string of the molecule is CCCCCCOc1ccc2ccccc2c1-c1nc(C)c(C(=O)O)s1. The highest BCUT2D eigenvalue weighted by Crippen LogP contribution is 2.40. The molecule has 5 heteroatoms. The van der Waals surface area contributed by atoms with Crippen molar-refractivity contribution in [3.63, 3.8) is 0 Å². The maximum absolute atomic E-state index is 11.4. The van der Waals surface area contributed by atoms with E-state index in [0.29, 0.717) is 17.3 Å². The molecule has 0 saturated heterocycles. The first-order chi connectivity index (χ1) is 12.6. The minimum atomic E-state index is -0.937. The monoisotopic (exact) mass is 369 g/mol. The number of carboxylic acids is 1. The molecule has 0 spiro atoms. The van der Waals surface area contributed by atoms with Crippen molar-refractivity contribution in [3.8, 4) is 16.3 Å². The molecule has 0 bridgehead atoms. The fraction of sp³-hybridized carbons (Fsp3) is 0.333. The number of thiazole rings is 1. The van der Waals surface area contributed by atoms with Crippen molar-refractivity contribution in [2.45, 2.75) is 39.5 Å². The largest absolute Gasteiger partial charge is 0.493 e. The highest BCUT2D eigenvalue weighted by molar-refractivity contribution is 7.17. The van der Waals surface area contributed by atoms with Crippen LogP contribution in [0.5, 0.6) is 5.75 Å². The van der Waals surface area contributed by atoms with Crippen molar-refractivity contribution in [2.24, 2.45) is 0 Å². The molecular formula is C21H23NO3S. The second-order valence-electron chi connectivity index (χ2n) is 6.31. The van der Waals surface area contributed by atoms with Gasteiger partial charge in [-0.15, -0.1) is 11.3 Å². The van der Waals surface area contributed by atoms with Crippen molar-refractivity contribution in [2.75, 3.05) is 6.61 Å². The first-order valence-corrected chi connectivity index (χ1v) is 9.79. The molecule has 3 rings (SSSR count). The van der Waals surface area contributed by atoms with Crippen LogP contribution in [0.4, 0.5) is 0 Å². The first-order valence-electron chi connectivity index (χ1n) is 8.97. The van der Waals surface area contributed by atoms with E-state index in [1.807, 2.05) is 36.4 Å². The molecule has 3 aromatic rings. The molecule has 0 radical (unpaired) electrons. The molecular weight excluding hydrogens is 346 g/mol. The summed E-state index contributed by atoms with van der Waals surface area (Å²) in [5.74, 6) is -0.167. The zero-order valence-electron chi connectivity index (χ0n) is 15.1. The van der Waals surface area contributed by atoms with E-state index in [0.717, 1.165) is 34.9 Å². The van der Waals surface area contributed by atoms with Crippen molar-refractivity contribution >= 4 is 28.1 Å². The number of carbonyl (C=O) groups is 1. The Morgan fingerprint density at radius 3 is 2.69 bits per heavy atom. The van der Waals surface area contributed by atoms with Gasteiger partial charge in [-0.3, -0.25) is 0 Å². The summed E-state index contributed by atoms with van der Waals surface area (Å²) in [6.45, 7) is 4.58. The summed E-state index contributed by atoms with van der Waals surface area (Å²) >= 11 is 1.21. The van der Waals surface area contributed by atoms with Crippen LogP contribution in [-0.2, 0) is 0 Å². The fourth-order valence-electron chi connectivity index (χ4n) is 3.01. The number of carboxylic acid groups (broad SMARTS) is 1. The summed E-state index contributed by atoms with van der Waals surface area (Å²) in [5, 5.41) is 12.2. The van der Waals surface area contributed by atoms with E-state index in [2.05, 4.69) is 11.9 Å². The second-order valence-corrected chi connectivity index (χ2v) is 7.31. The van der Waals surface area contributed by atoms with E-state index >= 15 is 0 Å². The molecule has 0 fully saturated rings. The Bertz CT molecular complexity index is 917. The Hall–Kier alpha value is -2.40. The van der Waals surface area contributed by atoms with Crippen LogP contribution in [0, 0.1) is 6.92 Å². The van der Waals surface area contributed by atoms with Crippen LogP contribution in [0.3, 0.4) is 0 Å². The number of ether oxygens (including phenoxy) is 1. The van der Waals surface area contributed by atoms with Crippen LogP contribution < -0.4 is 4.74 Å². The van der Waals surface area contributed by atoms with Crippen LogP contribution in [0.15, 0.2) is 36.4 Å². The third kappa shape index (κ3) is 3.88. The van der Waals surface area contributed by atoms with Crippen LogP contribution in [0.2, 0.25) is 0 Å². The van der Waals surface area contributed by atoms with E-state index < -0.39 is 5.97 Å². The standard InChI is InChI=1S/C21H23NO3S/c1-3-4-5-8-13-25-17-12-11-15-9-6-7-10-16(15)18(17)20-22-14(2)19(26-20)21(23)24/h6-7,9-12H,3-5,8,13H2,1-2H3,(H,23,24). The van der Waals surface area contributed by atoms with Gasteiger partial charge in [-0.05, 0) is 30.2 Å². The molecule has 1 aromatic heterocycles. The number of fused-ring (bicyclic) bond motifs is 1. The van der Waals surface area contributed by atoms with E-state index in [9.17, 15) is 9.90 Å². The van der Waals surface area contributed by atoms with E-state index in [1.165, 1.54) is 24.2 Å². The Morgan fingerprint density at radius 2 is 1.96 bits per heavy atom. The van der Waals surface area contributed by atoms with E-state index in [-0.39, 0.29) is 4.88 Å². The Kier molecular flexibility index (Phi) is 5.89. The number of hydrogen-bond acceptors (Lipinski definition) is 4. The van der Waals surface area contributed by atoms with Crippen molar-refractivity contribution in [3.05, 3.63) is 47.0 Å². The van der Waals surface area contributed by atoms with Crippen LogP contribution in [0.25, 0.3) is 21.3 Å². The predicted octanol–water partition coefficient (Wildman–Crippen LogP) is 5.93. The summed E-state index contributed by atoms with van der Waals surface area (Å²) in [6, 6.07) is 12.1. The van der Waals surface area contributed by atoms with Crippen LogP contribution in [-0.4, -0.2) is 22.7 Å². The number of hydrogen-bond donors (Lipinski definition) is 1. The summed E-state index contributed by atoms with van der Waals surface area (Å²) in [7, 11) is 0. The fourth-order valence-corrected chi connectivity index (χ4v) is 3.97. The molecule has 0 aliphatic heterocycles. The average molecular weight is 369 g/mol. The van der Waals surface area contributed by atoms with Gasteiger partial charge in [0.2, 0.25) is 0 Å². The maximum Gasteiger partial charge on any atom is 0.347 e. The molecule has 1 N–H and O–H groups in total. The number of unbranched alkanes of at least 4 members (excludes halogenated alkanes) is 3. The molecule has 0 saturated carbocycles. The molecule has 0 atom stereocenters. The summed E-state index contributed by atoms with van der Waals surface area (Å²) in [4.78, 5) is 16.2. The van der Waals surface area contributed by atoms with Crippen molar-refractivity contribution < 1.29 is 14.6 Å². The number of aromatic nitrogens is 1. The highest BCUT2D eigenvalue weighted by Gasteiger charge is 2.19. The molecule has 0 unspecified atom stereocenters. The number of aryl methyl sites for hydroxylation is 1. The molecule has 26 heavy (non-hydrogen) atoms. The molecule has 0 aliphatic rings. The first kappa shape index (κ1) is 18.4. The summed E-state index contributed by atoms with van der Waals surface area (Å²) in [6.07, 6.45) is 4.56. The van der Waals surface area contributed by atoms with Gasteiger partial charge in [-0.1, -0.05) is 56.5 Å². The van der Waals surface area contributed by atoms with Gasteiger partial charge < -0.3 is 9.84 Å². The number of nitrogens with zero attached hydrogens (tertiary/aromatic N) is 1. The maximum atomic E-state index is 11.4. The zero-order valence-corrected chi connectivity index (χ0v) is 15.9. The second kappa shape index (κ2) is 8.32. The molecule has 2 aromatic carbocycles. The van der Waals surface area contributed by atoms with Gasteiger partial charge in [-0.25, -0.2) is 9.78 Å². The third-order valence-corrected chi connectivity index (χ3v) is 5.51.